The van der Waals surface area contributed by atoms with Crippen LogP contribution in [0.1, 0.15) is 5.56 Å². The van der Waals surface area contributed by atoms with E-state index in [0.29, 0.717) is 0 Å². The minimum Gasteiger partial charge on any atom is -0.468 e. The summed E-state index contributed by atoms with van der Waals surface area (Å²) < 4.78 is 12.4. The Morgan fingerprint density at radius 1 is 1.11 bits per heavy atom. The van der Waals surface area contributed by atoms with Crippen LogP contribution in [0.15, 0.2) is 52.6 Å². The van der Waals surface area contributed by atoms with Crippen LogP contribution >= 0.6 is 22.6 Å². The molecule has 2 nitrogen and oxygen atoms in total. The molecule has 0 aliphatic carbocycles. The molecule has 0 heterocycles. The molecule has 19 heavy (non-hydrogen) atoms. The van der Waals surface area contributed by atoms with Crippen LogP contribution in [0, 0.1) is 0 Å². The second-order valence-corrected chi connectivity index (χ2v) is 4.68. The zero-order valence-corrected chi connectivity index (χ0v) is 12.8. The van der Waals surface area contributed by atoms with E-state index in [0.717, 1.165) is 11.3 Å². The number of hydrogen-bond acceptors (Lipinski definition) is 2. The van der Waals surface area contributed by atoms with Gasteiger partial charge in [0.15, 0.2) is 6.79 Å². The van der Waals surface area contributed by atoms with Crippen molar-refractivity contribution in [2.24, 2.45) is 0 Å². The minimum atomic E-state index is 0.262. The fourth-order valence-corrected chi connectivity index (χ4v) is 2.23. The van der Waals surface area contributed by atoms with Crippen molar-refractivity contribution < 1.29 is 9.47 Å². The molecule has 0 amide bonds. The third kappa shape index (κ3) is 3.81. The highest BCUT2D eigenvalue weighted by Gasteiger charge is 2.04. The molecule has 98 valence electrons. The first-order chi connectivity index (χ1) is 9.35. The van der Waals surface area contributed by atoms with E-state index in [4.69, 9.17) is 9.47 Å². The van der Waals surface area contributed by atoms with Crippen molar-refractivity contribution in [1.29, 1.82) is 0 Å². The van der Waals surface area contributed by atoms with Crippen molar-refractivity contribution in [3.8, 4) is 16.9 Å². The summed E-state index contributed by atoms with van der Waals surface area (Å²) in [5.41, 5.74) is 3.53. The number of methoxy groups -OCH3 is 1. The van der Waals surface area contributed by atoms with Crippen molar-refractivity contribution in [1.82, 2.24) is 0 Å². The highest BCUT2D eigenvalue weighted by Crippen LogP contribution is 2.28. The zero-order valence-electron chi connectivity index (χ0n) is 10.7. The van der Waals surface area contributed by atoms with Gasteiger partial charge in [0.1, 0.15) is 5.75 Å². The Hall–Kier alpha value is -1.33. The largest absolute Gasteiger partial charge is 0.468 e. The van der Waals surface area contributed by atoms with Gasteiger partial charge < -0.3 is 9.47 Å². The van der Waals surface area contributed by atoms with Crippen molar-refractivity contribution >= 4 is 28.7 Å². The molecule has 0 spiro atoms. The lowest BCUT2D eigenvalue weighted by molar-refractivity contribution is 0.0511. The molecule has 2 rings (SSSR count). The predicted octanol–water partition coefficient (Wildman–Crippen LogP) is 4.74. The quantitative estimate of drug-likeness (QED) is 0.562. The van der Waals surface area contributed by atoms with E-state index < -0.39 is 0 Å². The van der Waals surface area contributed by atoms with Gasteiger partial charge in [-0.3, -0.25) is 0 Å². The fourth-order valence-electron chi connectivity index (χ4n) is 1.84. The van der Waals surface area contributed by atoms with Crippen molar-refractivity contribution in [2.75, 3.05) is 13.9 Å². The minimum absolute atomic E-state index is 0.262. The molecule has 2 aromatic carbocycles. The van der Waals surface area contributed by atoms with Gasteiger partial charge >= 0.3 is 0 Å². The van der Waals surface area contributed by atoms with Gasteiger partial charge in [-0.05, 0) is 39.0 Å². The maximum atomic E-state index is 5.47. The van der Waals surface area contributed by atoms with Gasteiger partial charge in [0.2, 0.25) is 0 Å². The van der Waals surface area contributed by atoms with Gasteiger partial charge in [0.25, 0.3) is 0 Å². The molecule has 0 unspecified atom stereocenters. The summed E-state index contributed by atoms with van der Waals surface area (Å²) in [6, 6.07) is 16.4. The second-order valence-electron chi connectivity index (χ2n) is 3.96. The van der Waals surface area contributed by atoms with Gasteiger partial charge in [-0.15, -0.1) is 0 Å². The van der Waals surface area contributed by atoms with Gasteiger partial charge in [-0.2, -0.15) is 0 Å². The number of benzene rings is 2. The highest BCUT2D eigenvalue weighted by atomic mass is 127. The summed E-state index contributed by atoms with van der Waals surface area (Å²) in [6.45, 7) is 0.262. The van der Waals surface area contributed by atoms with E-state index in [2.05, 4.69) is 46.9 Å². The first-order valence-corrected chi connectivity index (χ1v) is 7.17. The summed E-state index contributed by atoms with van der Waals surface area (Å²) in [4.78, 5) is 0. The predicted molar refractivity (Wildman–Crippen MR) is 87.4 cm³/mol. The molecule has 0 N–H and O–H groups in total. The van der Waals surface area contributed by atoms with E-state index in [1.165, 1.54) is 11.1 Å². The van der Waals surface area contributed by atoms with E-state index in [1.807, 2.05) is 34.4 Å². The first kappa shape index (κ1) is 14.1. The maximum Gasteiger partial charge on any atom is 0.188 e. The summed E-state index contributed by atoms with van der Waals surface area (Å²) in [5.74, 6) is 0.811. The monoisotopic (exact) mass is 366 g/mol. The Morgan fingerprint density at radius 3 is 2.58 bits per heavy atom. The van der Waals surface area contributed by atoms with Crippen molar-refractivity contribution in [3.05, 3.63) is 58.2 Å². The summed E-state index contributed by atoms with van der Waals surface area (Å²) in [7, 11) is 1.62. The molecular weight excluding hydrogens is 351 g/mol. The molecule has 0 saturated heterocycles. The standard InChI is InChI=1S/C16H15IO2/c1-18-12-19-15-7-8-16(14(11-15)9-10-17)13-5-3-2-4-6-13/h2-11H,12H2,1H3/b10-9+. The molecule has 2 aromatic rings. The first-order valence-electron chi connectivity index (χ1n) is 5.93. The average Bonchev–Trinajstić information content (AvgIpc) is 2.46. The average molecular weight is 366 g/mol. The third-order valence-electron chi connectivity index (χ3n) is 2.69. The van der Waals surface area contributed by atoms with Crippen LogP contribution in [0.2, 0.25) is 0 Å². The van der Waals surface area contributed by atoms with Gasteiger partial charge in [0.05, 0.1) is 0 Å². The van der Waals surface area contributed by atoms with Crippen LogP contribution in [0.3, 0.4) is 0 Å². The van der Waals surface area contributed by atoms with Crippen LogP contribution in [-0.4, -0.2) is 13.9 Å². The van der Waals surface area contributed by atoms with E-state index in [9.17, 15) is 0 Å². The Labute approximate surface area is 127 Å². The molecule has 0 radical (unpaired) electrons. The molecule has 3 heteroatoms. The van der Waals surface area contributed by atoms with Gasteiger partial charge in [-0.1, -0.05) is 59.0 Å². The van der Waals surface area contributed by atoms with E-state index in [1.54, 1.807) is 7.11 Å². The van der Waals surface area contributed by atoms with E-state index >= 15 is 0 Å². The Morgan fingerprint density at radius 2 is 1.89 bits per heavy atom. The third-order valence-corrected chi connectivity index (χ3v) is 3.05. The molecule has 0 saturated carbocycles. The topological polar surface area (TPSA) is 18.5 Å². The van der Waals surface area contributed by atoms with Crippen molar-refractivity contribution in [2.45, 2.75) is 0 Å². The molecule has 0 fully saturated rings. The summed E-state index contributed by atoms with van der Waals surface area (Å²) in [5, 5.41) is 0. The lowest BCUT2D eigenvalue weighted by atomic mass is 9.99. The SMILES string of the molecule is COCOc1ccc(-c2ccccc2)c(/C=C/I)c1. The zero-order chi connectivity index (χ0) is 13.5. The molecule has 0 aliphatic rings. The number of halogens is 1. The number of rotatable bonds is 5. The highest BCUT2D eigenvalue weighted by molar-refractivity contribution is 14.1. The lowest BCUT2D eigenvalue weighted by Crippen LogP contribution is -1.99. The number of ether oxygens (including phenoxy) is 2. The smallest absolute Gasteiger partial charge is 0.188 e. The molecule has 0 aromatic heterocycles. The lowest BCUT2D eigenvalue weighted by Gasteiger charge is -2.10. The van der Waals surface area contributed by atoms with Crippen LogP contribution in [0.25, 0.3) is 17.2 Å². The van der Waals surface area contributed by atoms with Crippen LogP contribution < -0.4 is 4.74 Å². The van der Waals surface area contributed by atoms with Crippen molar-refractivity contribution in [3.63, 3.8) is 0 Å². The molecule has 0 aliphatic heterocycles. The molecular formula is C16H15IO2. The number of hydrogen-bond donors (Lipinski definition) is 0. The van der Waals surface area contributed by atoms with Crippen LogP contribution in [0.4, 0.5) is 0 Å². The Balaban J connectivity index is 2.38. The Kier molecular flexibility index (Phi) is 5.42. The van der Waals surface area contributed by atoms with Crippen LogP contribution in [-0.2, 0) is 4.74 Å². The summed E-state index contributed by atoms with van der Waals surface area (Å²) >= 11 is 2.22. The maximum absolute atomic E-state index is 5.47. The normalized spacial score (nSPS) is 10.8. The second kappa shape index (κ2) is 7.31. The van der Waals surface area contributed by atoms with Crippen LogP contribution in [0.5, 0.6) is 5.75 Å². The molecule has 0 bridgehead atoms. The van der Waals surface area contributed by atoms with Gasteiger partial charge in [0, 0.05) is 7.11 Å². The molecule has 0 atom stereocenters. The summed E-state index contributed by atoms with van der Waals surface area (Å²) in [6.07, 6.45) is 2.07. The Bertz CT molecular complexity index is 550. The fraction of sp³-hybridized carbons (Fsp3) is 0.125. The van der Waals surface area contributed by atoms with E-state index in [-0.39, 0.29) is 6.79 Å². The van der Waals surface area contributed by atoms with Gasteiger partial charge in [-0.25, -0.2) is 0 Å².